The average Bonchev–Trinajstić information content (AvgIpc) is 1.39. The average molecular weight is 146 g/mol. The van der Waals surface area contributed by atoms with E-state index in [1.54, 1.807) is 0 Å². The number of rotatable bonds is 0. The molecule has 8 heavy (non-hydrogen) atoms. The summed E-state index contributed by atoms with van der Waals surface area (Å²) >= 11 is 0. The Bertz CT molecular complexity index is 10.5. The number of halogens is 1. The van der Waals surface area contributed by atoms with E-state index in [-0.39, 0.29) is 35.5 Å². The Hall–Kier alpha value is 1.06. The molecular formula is C6H14ClMg-. The summed E-state index contributed by atoms with van der Waals surface area (Å²) in [5, 5.41) is 0. The molecule has 0 radical (unpaired) electrons. The first-order valence-corrected chi connectivity index (χ1v) is 2.31. The van der Waals surface area contributed by atoms with Gasteiger partial charge in [-0.05, 0) is 0 Å². The fourth-order valence-corrected chi connectivity index (χ4v) is 0. The van der Waals surface area contributed by atoms with Crippen LogP contribution in [-0.4, -0.2) is 23.1 Å². The van der Waals surface area contributed by atoms with Crippen molar-refractivity contribution in [2.45, 2.75) is 27.7 Å². The Labute approximate surface area is 76.0 Å². The van der Waals surface area contributed by atoms with Crippen molar-refractivity contribution in [3.63, 3.8) is 0 Å². The molecular weight excluding hydrogens is 132 g/mol. The molecule has 0 aromatic heterocycles. The fraction of sp³-hybridized carbons (Fsp3) is 0.667. The monoisotopic (exact) mass is 145 g/mol. The van der Waals surface area contributed by atoms with Gasteiger partial charge in [0, 0.05) is 0 Å². The molecule has 0 bridgehead atoms. The largest absolute Gasteiger partial charge is 2.00 e. The van der Waals surface area contributed by atoms with Crippen LogP contribution in [0, 0.1) is 12.8 Å². The van der Waals surface area contributed by atoms with E-state index in [0.717, 1.165) is 0 Å². The van der Waals surface area contributed by atoms with E-state index < -0.39 is 0 Å². The zero-order valence-electron chi connectivity index (χ0n) is 6.24. The van der Waals surface area contributed by atoms with Crippen LogP contribution in [0.15, 0.2) is 0 Å². The van der Waals surface area contributed by atoms with E-state index in [1.165, 1.54) is 0 Å². The standard InChI is InChI=1S/2C3H7.ClH.Mg/c2*1-3-2;;/h2*3H,1-2H3;1H;/q2*-1;;+2/p-1. The van der Waals surface area contributed by atoms with Crippen LogP contribution in [-0.2, 0) is 0 Å². The van der Waals surface area contributed by atoms with Crippen LogP contribution in [0.4, 0.5) is 0 Å². The first-order valence-electron chi connectivity index (χ1n) is 2.31. The molecule has 0 unspecified atom stereocenters. The molecule has 48 valence electrons. The van der Waals surface area contributed by atoms with Crippen LogP contribution in [0.1, 0.15) is 27.7 Å². The quantitative estimate of drug-likeness (QED) is 0.306. The Morgan fingerprint density at radius 1 is 0.750 bits per heavy atom. The predicted octanol–water partition coefficient (Wildman–Crippen LogP) is -0.916. The van der Waals surface area contributed by atoms with Gasteiger partial charge in [0.05, 0.1) is 0 Å². The first-order chi connectivity index (χ1) is 2.83. The van der Waals surface area contributed by atoms with Crippen molar-refractivity contribution in [2.75, 3.05) is 0 Å². The molecule has 0 atom stereocenters. The van der Waals surface area contributed by atoms with E-state index in [2.05, 4.69) is 0 Å². The van der Waals surface area contributed by atoms with Crippen molar-refractivity contribution < 1.29 is 12.4 Å². The molecule has 0 aromatic carbocycles. The Balaban J connectivity index is -0.0000000160. The summed E-state index contributed by atoms with van der Waals surface area (Å²) < 4.78 is 0. The maximum Gasteiger partial charge on any atom is 2.00 e. The Kier molecular flexibility index (Phi) is 123. The third-order valence-electron chi connectivity index (χ3n) is 0. The molecule has 0 N–H and O–H groups in total. The van der Waals surface area contributed by atoms with Crippen LogP contribution in [0.2, 0.25) is 0 Å². The summed E-state index contributed by atoms with van der Waals surface area (Å²) in [5.74, 6) is 0. The normalized spacial score (nSPS) is 4.50. The molecule has 0 rings (SSSR count). The van der Waals surface area contributed by atoms with E-state index in [9.17, 15) is 0 Å². The molecule has 0 aromatic rings. The molecule has 0 aliphatic carbocycles. The summed E-state index contributed by atoms with van der Waals surface area (Å²) in [4.78, 5) is 0. The van der Waals surface area contributed by atoms with Crippen molar-refractivity contribution in [1.29, 1.82) is 0 Å². The third-order valence-corrected chi connectivity index (χ3v) is 0. The number of hydrogen-bond acceptors (Lipinski definition) is 0. The molecule has 0 nitrogen and oxygen atoms in total. The second-order valence-electron chi connectivity index (χ2n) is 1.15. The fourth-order valence-electron chi connectivity index (χ4n) is 0. The van der Waals surface area contributed by atoms with Crippen LogP contribution >= 0.6 is 0 Å². The van der Waals surface area contributed by atoms with Gasteiger partial charge >= 0.3 is 23.1 Å². The van der Waals surface area contributed by atoms with Gasteiger partial charge < -0.3 is 25.2 Å². The maximum atomic E-state index is 2.00. The molecule has 0 fully saturated rings. The zero-order valence-corrected chi connectivity index (χ0v) is 8.41. The molecule has 0 aliphatic rings. The molecule has 2 heteroatoms. The van der Waals surface area contributed by atoms with Gasteiger partial charge in [-0.15, -0.1) is 0 Å². The van der Waals surface area contributed by atoms with Crippen LogP contribution in [0.3, 0.4) is 0 Å². The van der Waals surface area contributed by atoms with E-state index in [1.807, 2.05) is 40.5 Å². The predicted molar refractivity (Wildman–Crippen MR) is 37.0 cm³/mol. The maximum absolute atomic E-state index is 2.00. The van der Waals surface area contributed by atoms with Crippen LogP contribution in [0.5, 0.6) is 0 Å². The van der Waals surface area contributed by atoms with Gasteiger partial charge in [0.25, 0.3) is 0 Å². The van der Waals surface area contributed by atoms with Crippen molar-refractivity contribution in [3.05, 3.63) is 12.8 Å². The van der Waals surface area contributed by atoms with Gasteiger partial charge in [-0.2, -0.15) is 27.7 Å². The summed E-state index contributed by atoms with van der Waals surface area (Å²) in [7, 11) is 0. The SMILES string of the molecule is C[CH-]C.C[CH-]C.[Cl-].[Mg+2]. The van der Waals surface area contributed by atoms with Crippen LogP contribution in [0.25, 0.3) is 0 Å². The second kappa shape index (κ2) is 42.9. The second-order valence-corrected chi connectivity index (χ2v) is 1.15. The van der Waals surface area contributed by atoms with Crippen molar-refractivity contribution in [3.8, 4) is 0 Å². The van der Waals surface area contributed by atoms with Gasteiger partial charge in [0.2, 0.25) is 0 Å². The summed E-state index contributed by atoms with van der Waals surface area (Å²) in [6.07, 6.45) is 4.00. The van der Waals surface area contributed by atoms with Gasteiger partial charge in [-0.25, -0.2) is 0 Å². The van der Waals surface area contributed by atoms with Gasteiger partial charge in [0.15, 0.2) is 0 Å². The first kappa shape index (κ1) is 23.0. The molecule has 0 aliphatic heterocycles. The summed E-state index contributed by atoms with van der Waals surface area (Å²) in [6.45, 7) is 8.00. The molecule has 0 amide bonds. The number of hydrogen-bond donors (Lipinski definition) is 0. The smallest absolute Gasteiger partial charge is 1.00 e. The summed E-state index contributed by atoms with van der Waals surface area (Å²) in [6, 6.07) is 0. The topological polar surface area (TPSA) is 0 Å². The Morgan fingerprint density at radius 2 is 0.750 bits per heavy atom. The zero-order chi connectivity index (χ0) is 5.41. The summed E-state index contributed by atoms with van der Waals surface area (Å²) in [5.41, 5.74) is 0. The minimum absolute atomic E-state index is 0. The third kappa shape index (κ3) is 232. The minimum Gasteiger partial charge on any atom is -1.00 e. The van der Waals surface area contributed by atoms with Crippen molar-refractivity contribution >= 4 is 23.1 Å². The van der Waals surface area contributed by atoms with E-state index in [4.69, 9.17) is 0 Å². The van der Waals surface area contributed by atoms with E-state index in [0.29, 0.717) is 0 Å². The van der Waals surface area contributed by atoms with Crippen molar-refractivity contribution in [2.24, 2.45) is 0 Å². The van der Waals surface area contributed by atoms with Gasteiger partial charge in [-0.3, -0.25) is 0 Å². The molecule has 0 spiro atoms. The minimum atomic E-state index is 0. The van der Waals surface area contributed by atoms with E-state index >= 15 is 0 Å². The molecule has 0 heterocycles. The Morgan fingerprint density at radius 3 is 0.750 bits per heavy atom. The van der Waals surface area contributed by atoms with Gasteiger partial charge in [0.1, 0.15) is 0 Å². The van der Waals surface area contributed by atoms with Gasteiger partial charge in [-0.1, -0.05) is 0 Å². The molecule has 0 saturated carbocycles. The van der Waals surface area contributed by atoms with Crippen LogP contribution < -0.4 is 12.4 Å². The molecule has 0 saturated heterocycles. The van der Waals surface area contributed by atoms with Crippen molar-refractivity contribution in [1.82, 2.24) is 0 Å².